The third kappa shape index (κ3) is 4.42. The number of amides is 1. The topological polar surface area (TPSA) is 38.8 Å². The van der Waals surface area contributed by atoms with Crippen LogP contribution in [-0.2, 0) is 16.6 Å². The Bertz CT molecular complexity index is 867. The molecule has 0 aliphatic carbocycles. The lowest BCUT2D eigenvalue weighted by atomic mass is 9.86. The number of carbonyl (C=O) groups is 1. The van der Waals surface area contributed by atoms with Crippen LogP contribution in [0.2, 0.25) is 0 Å². The van der Waals surface area contributed by atoms with E-state index < -0.39 is 0 Å². The van der Waals surface area contributed by atoms with Crippen LogP contribution >= 0.6 is 0 Å². The smallest absolute Gasteiger partial charge is 0.223 e. The summed E-state index contributed by atoms with van der Waals surface area (Å²) in [5.41, 5.74) is 3.85. The standard InChI is InChI=1S/C25H31NO3/c1-25(2,3)20-10-8-19(9-11-20)21-5-4-14-26(21)24(27)13-7-18-6-12-22-23(17-18)29-16-15-28-22/h6,8-12,17,21H,4-5,7,13-16H2,1-3H3. The monoisotopic (exact) mass is 393 g/mol. The van der Waals surface area contributed by atoms with Crippen LogP contribution in [-0.4, -0.2) is 30.6 Å². The highest BCUT2D eigenvalue weighted by atomic mass is 16.6. The van der Waals surface area contributed by atoms with Crippen LogP contribution in [0, 0.1) is 0 Å². The SMILES string of the molecule is CC(C)(C)c1ccc(C2CCCN2C(=O)CCc2ccc3c(c2)OCCO3)cc1. The van der Waals surface area contributed by atoms with E-state index in [0.29, 0.717) is 19.6 Å². The number of carbonyl (C=O) groups excluding carboxylic acids is 1. The minimum absolute atomic E-state index is 0.146. The molecule has 2 aromatic carbocycles. The molecular weight excluding hydrogens is 362 g/mol. The maximum absolute atomic E-state index is 13.0. The fourth-order valence-corrected chi connectivity index (χ4v) is 4.26. The Labute approximate surface area is 173 Å². The molecule has 2 aromatic rings. The number of aryl methyl sites for hydroxylation is 1. The quantitative estimate of drug-likeness (QED) is 0.729. The highest BCUT2D eigenvalue weighted by molar-refractivity contribution is 5.77. The Morgan fingerprint density at radius 3 is 2.48 bits per heavy atom. The van der Waals surface area contributed by atoms with Crippen molar-refractivity contribution in [3.63, 3.8) is 0 Å². The van der Waals surface area contributed by atoms with Gasteiger partial charge < -0.3 is 14.4 Å². The zero-order chi connectivity index (χ0) is 20.4. The Balaban J connectivity index is 1.40. The number of fused-ring (bicyclic) bond motifs is 1. The number of likely N-dealkylation sites (tertiary alicyclic amines) is 1. The number of rotatable bonds is 4. The van der Waals surface area contributed by atoms with Gasteiger partial charge in [0.1, 0.15) is 13.2 Å². The fourth-order valence-electron chi connectivity index (χ4n) is 4.26. The number of hydrogen-bond acceptors (Lipinski definition) is 3. The molecule has 2 heterocycles. The van der Waals surface area contributed by atoms with E-state index >= 15 is 0 Å². The first-order valence-electron chi connectivity index (χ1n) is 10.7. The van der Waals surface area contributed by atoms with Gasteiger partial charge in [0.15, 0.2) is 11.5 Å². The number of hydrogen-bond donors (Lipinski definition) is 0. The maximum Gasteiger partial charge on any atom is 0.223 e. The first-order chi connectivity index (χ1) is 13.9. The number of nitrogens with zero attached hydrogens (tertiary/aromatic N) is 1. The van der Waals surface area contributed by atoms with Crippen molar-refractivity contribution in [2.75, 3.05) is 19.8 Å². The van der Waals surface area contributed by atoms with Crippen molar-refractivity contribution in [2.45, 2.75) is 57.9 Å². The molecule has 1 unspecified atom stereocenters. The second-order valence-electron chi connectivity index (χ2n) is 9.10. The van der Waals surface area contributed by atoms with Gasteiger partial charge >= 0.3 is 0 Å². The van der Waals surface area contributed by atoms with Crippen LogP contribution in [0.3, 0.4) is 0 Å². The van der Waals surface area contributed by atoms with Gasteiger partial charge in [-0.2, -0.15) is 0 Å². The van der Waals surface area contributed by atoms with E-state index in [1.807, 2.05) is 18.2 Å². The lowest BCUT2D eigenvalue weighted by molar-refractivity contribution is -0.132. The molecule has 2 aliphatic heterocycles. The average molecular weight is 394 g/mol. The molecule has 0 N–H and O–H groups in total. The molecule has 0 bridgehead atoms. The first-order valence-corrected chi connectivity index (χ1v) is 10.7. The summed E-state index contributed by atoms with van der Waals surface area (Å²) in [6.07, 6.45) is 3.37. The molecule has 0 spiro atoms. The molecule has 0 radical (unpaired) electrons. The Morgan fingerprint density at radius 2 is 1.76 bits per heavy atom. The predicted molar refractivity (Wildman–Crippen MR) is 115 cm³/mol. The summed E-state index contributed by atoms with van der Waals surface area (Å²) in [5.74, 6) is 1.83. The second-order valence-corrected chi connectivity index (χ2v) is 9.10. The summed E-state index contributed by atoms with van der Waals surface area (Å²) in [7, 11) is 0. The Morgan fingerprint density at radius 1 is 1.03 bits per heavy atom. The summed E-state index contributed by atoms with van der Waals surface area (Å²) in [6.45, 7) is 8.71. The number of ether oxygens (including phenoxy) is 2. The van der Waals surface area contributed by atoms with Crippen molar-refractivity contribution in [1.29, 1.82) is 0 Å². The van der Waals surface area contributed by atoms with Crippen molar-refractivity contribution in [1.82, 2.24) is 4.90 Å². The minimum Gasteiger partial charge on any atom is -0.486 e. The summed E-state index contributed by atoms with van der Waals surface area (Å²) >= 11 is 0. The van der Waals surface area contributed by atoms with Gasteiger partial charge in [-0.15, -0.1) is 0 Å². The van der Waals surface area contributed by atoms with Gasteiger partial charge in [-0.3, -0.25) is 4.79 Å². The first kappa shape index (κ1) is 19.8. The second kappa shape index (κ2) is 8.10. The molecule has 2 aliphatic rings. The van der Waals surface area contributed by atoms with E-state index in [1.54, 1.807) is 0 Å². The van der Waals surface area contributed by atoms with Crippen LogP contribution in [0.5, 0.6) is 11.5 Å². The van der Waals surface area contributed by atoms with Gasteiger partial charge in [0.25, 0.3) is 0 Å². The van der Waals surface area contributed by atoms with E-state index in [-0.39, 0.29) is 17.4 Å². The largest absolute Gasteiger partial charge is 0.486 e. The van der Waals surface area contributed by atoms with Gasteiger partial charge in [0.2, 0.25) is 5.91 Å². The van der Waals surface area contributed by atoms with Crippen LogP contribution in [0.15, 0.2) is 42.5 Å². The molecule has 0 saturated carbocycles. The van der Waals surface area contributed by atoms with Gasteiger partial charge in [0, 0.05) is 13.0 Å². The summed E-state index contributed by atoms with van der Waals surface area (Å²) in [5, 5.41) is 0. The summed E-state index contributed by atoms with van der Waals surface area (Å²) < 4.78 is 11.2. The van der Waals surface area contributed by atoms with Gasteiger partial charge in [-0.05, 0) is 53.5 Å². The molecule has 1 amide bonds. The van der Waals surface area contributed by atoms with E-state index in [2.05, 4.69) is 49.9 Å². The zero-order valence-electron chi connectivity index (χ0n) is 17.7. The molecule has 0 aromatic heterocycles. The van der Waals surface area contributed by atoms with E-state index in [1.165, 1.54) is 11.1 Å². The van der Waals surface area contributed by atoms with Crippen molar-refractivity contribution in [3.05, 3.63) is 59.2 Å². The van der Waals surface area contributed by atoms with E-state index in [4.69, 9.17) is 9.47 Å². The molecule has 29 heavy (non-hydrogen) atoms. The molecular formula is C25H31NO3. The molecule has 4 nitrogen and oxygen atoms in total. The average Bonchev–Trinajstić information content (AvgIpc) is 3.21. The fraction of sp³-hybridized carbons (Fsp3) is 0.480. The summed E-state index contributed by atoms with van der Waals surface area (Å²) in [6, 6.07) is 15.0. The lowest BCUT2D eigenvalue weighted by Gasteiger charge is -2.26. The zero-order valence-corrected chi connectivity index (χ0v) is 17.7. The highest BCUT2D eigenvalue weighted by Gasteiger charge is 2.30. The van der Waals surface area contributed by atoms with Crippen LogP contribution in [0.25, 0.3) is 0 Å². The third-order valence-electron chi connectivity index (χ3n) is 5.97. The van der Waals surface area contributed by atoms with Crippen LogP contribution < -0.4 is 9.47 Å². The summed E-state index contributed by atoms with van der Waals surface area (Å²) in [4.78, 5) is 15.1. The van der Waals surface area contributed by atoms with Crippen LogP contribution in [0.1, 0.15) is 62.8 Å². The molecule has 154 valence electrons. The van der Waals surface area contributed by atoms with Gasteiger partial charge in [-0.25, -0.2) is 0 Å². The third-order valence-corrected chi connectivity index (χ3v) is 5.97. The van der Waals surface area contributed by atoms with Crippen molar-refractivity contribution in [2.24, 2.45) is 0 Å². The van der Waals surface area contributed by atoms with Crippen LogP contribution in [0.4, 0.5) is 0 Å². The molecule has 1 atom stereocenters. The molecule has 1 saturated heterocycles. The lowest BCUT2D eigenvalue weighted by Crippen LogP contribution is -2.30. The predicted octanol–water partition coefficient (Wildman–Crippen LogP) is 5.05. The highest BCUT2D eigenvalue weighted by Crippen LogP contribution is 2.35. The Kier molecular flexibility index (Phi) is 5.53. The van der Waals surface area contributed by atoms with Gasteiger partial charge in [0.05, 0.1) is 6.04 Å². The Hall–Kier alpha value is -2.49. The normalized spacial score (nSPS) is 18.7. The molecule has 1 fully saturated rings. The number of benzene rings is 2. The molecule has 4 rings (SSSR count). The van der Waals surface area contributed by atoms with Crippen molar-refractivity contribution < 1.29 is 14.3 Å². The van der Waals surface area contributed by atoms with Gasteiger partial charge in [-0.1, -0.05) is 51.1 Å². The minimum atomic E-state index is 0.146. The maximum atomic E-state index is 13.0. The molecule has 4 heteroatoms. The van der Waals surface area contributed by atoms with E-state index in [0.717, 1.165) is 42.9 Å². The van der Waals surface area contributed by atoms with Crippen molar-refractivity contribution in [3.8, 4) is 11.5 Å². The van der Waals surface area contributed by atoms with E-state index in [9.17, 15) is 4.79 Å². The van der Waals surface area contributed by atoms with Crippen molar-refractivity contribution >= 4 is 5.91 Å².